The first kappa shape index (κ1) is 48.1. The number of esters is 1. The van der Waals surface area contributed by atoms with Gasteiger partial charge in [0.15, 0.2) is 0 Å². The van der Waals surface area contributed by atoms with E-state index in [4.69, 9.17) is 9.47 Å². The van der Waals surface area contributed by atoms with E-state index < -0.39 is 6.10 Å². The van der Waals surface area contributed by atoms with Crippen LogP contribution in [0.5, 0.6) is 0 Å². The molecule has 0 spiro atoms. The summed E-state index contributed by atoms with van der Waals surface area (Å²) in [7, 11) is 0. The molecule has 49 heavy (non-hydrogen) atoms. The number of unbranched alkanes of at least 4 members (excludes halogenated alkanes) is 32. The smallest absolute Gasteiger partial charge is 0.306 e. The minimum atomic E-state index is -0.532. The van der Waals surface area contributed by atoms with Gasteiger partial charge in [0.2, 0.25) is 0 Å². The Morgan fingerprint density at radius 1 is 0.469 bits per heavy atom. The average Bonchev–Trinajstić information content (AvgIpc) is 3.11. The largest absolute Gasteiger partial charge is 0.457 e. The maximum Gasteiger partial charge on any atom is 0.306 e. The number of carbonyl (C=O) groups is 1. The molecule has 0 aromatic heterocycles. The van der Waals surface area contributed by atoms with Crippen molar-refractivity contribution in [3.05, 3.63) is 12.2 Å². The van der Waals surface area contributed by atoms with E-state index in [2.05, 4.69) is 26.0 Å². The zero-order valence-electron chi connectivity index (χ0n) is 33.5. The van der Waals surface area contributed by atoms with Gasteiger partial charge < -0.3 is 14.6 Å². The Morgan fingerprint density at radius 2 is 0.796 bits per heavy atom. The van der Waals surface area contributed by atoms with Crippen molar-refractivity contribution in [1.29, 1.82) is 0 Å². The molecule has 0 heterocycles. The van der Waals surface area contributed by atoms with Crippen LogP contribution in [0, 0.1) is 0 Å². The Morgan fingerprint density at radius 3 is 1.20 bits per heavy atom. The van der Waals surface area contributed by atoms with Gasteiger partial charge in [0, 0.05) is 13.0 Å². The van der Waals surface area contributed by atoms with E-state index in [0.29, 0.717) is 19.6 Å². The van der Waals surface area contributed by atoms with Gasteiger partial charge in [-0.05, 0) is 38.5 Å². The van der Waals surface area contributed by atoms with Crippen LogP contribution in [0.4, 0.5) is 0 Å². The van der Waals surface area contributed by atoms with Gasteiger partial charge in [0.1, 0.15) is 6.10 Å². The topological polar surface area (TPSA) is 55.8 Å². The first-order chi connectivity index (χ1) is 24.2. The molecule has 0 rings (SSSR count). The number of aliphatic hydroxyl groups excluding tert-OH is 1. The summed E-state index contributed by atoms with van der Waals surface area (Å²) in [6.45, 7) is 5.35. The summed E-state index contributed by atoms with van der Waals surface area (Å²) >= 11 is 0. The van der Waals surface area contributed by atoms with Gasteiger partial charge >= 0.3 is 5.97 Å². The molecule has 1 N–H and O–H groups in total. The van der Waals surface area contributed by atoms with Crippen LogP contribution >= 0.6 is 0 Å². The van der Waals surface area contributed by atoms with Crippen molar-refractivity contribution < 1.29 is 19.4 Å². The Balaban J connectivity index is 3.32. The second-order valence-corrected chi connectivity index (χ2v) is 15.1. The molecule has 0 amide bonds. The number of ether oxygens (including phenoxy) is 2. The SMILES string of the molecule is CCCCC/C=C\CCCCCCCC(=O)OC(CO)COCCCCCCCCCCCCCCCCCCCCCCCCCCC. The standard InChI is InChI=1S/C45H88O4/c1-3-5-7-9-11-13-15-17-18-19-20-21-22-23-24-25-26-27-28-29-31-33-35-37-39-41-48-43-44(42-46)49-45(47)40-38-36-34-32-30-16-14-12-10-8-6-4-2/h12,14,44,46H,3-11,13,15-43H2,1-2H3/b14-12-. The van der Waals surface area contributed by atoms with Crippen LogP contribution in [0.2, 0.25) is 0 Å². The minimum absolute atomic E-state index is 0.169. The third-order valence-corrected chi connectivity index (χ3v) is 10.1. The summed E-state index contributed by atoms with van der Waals surface area (Å²) in [5, 5.41) is 9.58. The summed E-state index contributed by atoms with van der Waals surface area (Å²) in [4.78, 5) is 12.1. The molecular formula is C45H88O4. The normalized spacial score (nSPS) is 12.3. The van der Waals surface area contributed by atoms with E-state index in [1.807, 2.05) is 0 Å². The molecule has 0 saturated heterocycles. The Bertz CT molecular complexity index is 648. The molecule has 1 unspecified atom stereocenters. The van der Waals surface area contributed by atoms with Crippen molar-refractivity contribution in [1.82, 2.24) is 0 Å². The van der Waals surface area contributed by atoms with Crippen molar-refractivity contribution in [2.24, 2.45) is 0 Å². The third kappa shape index (κ3) is 41.4. The Hall–Kier alpha value is -0.870. The number of hydrogen-bond donors (Lipinski definition) is 1. The van der Waals surface area contributed by atoms with Crippen LogP contribution in [-0.4, -0.2) is 37.0 Å². The second-order valence-electron chi connectivity index (χ2n) is 15.1. The predicted molar refractivity (Wildman–Crippen MR) is 214 cm³/mol. The van der Waals surface area contributed by atoms with E-state index in [9.17, 15) is 9.90 Å². The van der Waals surface area contributed by atoms with E-state index in [0.717, 1.165) is 19.3 Å². The first-order valence-electron chi connectivity index (χ1n) is 22.3. The van der Waals surface area contributed by atoms with Crippen LogP contribution in [0.3, 0.4) is 0 Å². The predicted octanol–water partition coefficient (Wildman–Crippen LogP) is 14.5. The average molecular weight is 693 g/mol. The molecule has 0 aliphatic carbocycles. The number of carbonyl (C=O) groups excluding carboxylic acids is 1. The lowest BCUT2D eigenvalue weighted by Gasteiger charge is -2.15. The summed E-state index contributed by atoms with van der Waals surface area (Å²) in [5.41, 5.74) is 0. The fourth-order valence-electron chi connectivity index (χ4n) is 6.74. The molecule has 0 bridgehead atoms. The maximum atomic E-state index is 12.1. The molecule has 292 valence electrons. The number of hydrogen-bond acceptors (Lipinski definition) is 4. The fourth-order valence-corrected chi connectivity index (χ4v) is 6.74. The van der Waals surface area contributed by atoms with Gasteiger partial charge in [0.25, 0.3) is 0 Å². The summed E-state index contributed by atoms with van der Waals surface area (Å²) in [5.74, 6) is -0.206. The van der Waals surface area contributed by atoms with Gasteiger partial charge in [-0.2, -0.15) is 0 Å². The monoisotopic (exact) mass is 693 g/mol. The number of rotatable bonds is 42. The quantitative estimate of drug-likeness (QED) is 0.0393. The highest BCUT2D eigenvalue weighted by Crippen LogP contribution is 2.16. The molecule has 0 aliphatic heterocycles. The fraction of sp³-hybridized carbons (Fsp3) is 0.933. The van der Waals surface area contributed by atoms with Crippen molar-refractivity contribution in [3.63, 3.8) is 0 Å². The van der Waals surface area contributed by atoms with Crippen molar-refractivity contribution >= 4 is 5.97 Å². The molecule has 0 aromatic rings. The zero-order valence-corrected chi connectivity index (χ0v) is 33.5. The van der Waals surface area contributed by atoms with Gasteiger partial charge in [-0.15, -0.1) is 0 Å². The summed E-state index contributed by atoms with van der Waals surface area (Å²) in [6.07, 6.45) is 51.5. The Labute approximate surface area is 307 Å². The third-order valence-electron chi connectivity index (χ3n) is 10.1. The number of allylic oxidation sites excluding steroid dienone is 2. The molecule has 0 saturated carbocycles. The van der Waals surface area contributed by atoms with Gasteiger partial charge in [-0.1, -0.05) is 212 Å². The highest BCUT2D eigenvalue weighted by molar-refractivity contribution is 5.69. The molecule has 0 aromatic carbocycles. The molecule has 0 radical (unpaired) electrons. The van der Waals surface area contributed by atoms with Gasteiger partial charge in [-0.3, -0.25) is 4.79 Å². The Kier molecular flexibility index (Phi) is 42.5. The lowest BCUT2D eigenvalue weighted by molar-refractivity contribution is -0.154. The summed E-state index contributed by atoms with van der Waals surface area (Å²) in [6, 6.07) is 0. The first-order valence-corrected chi connectivity index (χ1v) is 22.3. The molecule has 0 fully saturated rings. The van der Waals surface area contributed by atoms with Crippen LogP contribution in [0.15, 0.2) is 12.2 Å². The van der Waals surface area contributed by atoms with Crippen molar-refractivity contribution in [2.75, 3.05) is 19.8 Å². The lowest BCUT2D eigenvalue weighted by Crippen LogP contribution is -2.27. The highest BCUT2D eigenvalue weighted by Gasteiger charge is 2.13. The van der Waals surface area contributed by atoms with Crippen LogP contribution in [-0.2, 0) is 14.3 Å². The number of aliphatic hydroxyl groups is 1. The summed E-state index contributed by atoms with van der Waals surface area (Å²) < 4.78 is 11.1. The molecule has 0 aliphatic rings. The maximum absolute atomic E-state index is 12.1. The van der Waals surface area contributed by atoms with Crippen LogP contribution in [0.25, 0.3) is 0 Å². The molecule has 4 nitrogen and oxygen atoms in total. The van der Waals surface area contributed by atoms with Crippen LogP contribution in [0.1, 0.15) is 245 Å². The van der Waals surface area contributed by atoms with E-state index in [1.165, 1.54) is 205 Å². The second kappa shape index (κ2) is 43.3. The van der Waals surface area contributed by atoms with Crippen molar-refractivity contribution in [3.8, 4) is 0 Å². The molecule has 1 atom stereocenters. The van der Waals surface area contributed by atoms with E-state index >= 15 is 0 Å². The van der Waals surface area contributed by atoms with E-state index in [1.54, 1.807) is 0 Å². The molecule has 4 heteroatoms. The zero-order chi connectivity index (χ0) is 35.6. The van der Waals surface area contributed by atoms with Crippen LogP contribution < -0.4 is 0 Å². The van der Waals surface area contributed by atoms with E-state index in [-0.39, 0.29) is 12.6 Å². The minimum Gasteiger partial charge on any atom is -0.457 e. The van der Waals surface area contributed by atoms with Gasteiger partial charge in [-0.25, -0.2) is 0 Å². The van der Waals surface area contributed by atoms with Crippen molar-refractivity contribution in [2.45, 2.75) is 251 Å². The lowest BCUT2D eigenvalue weighted by atomic mass is 10.0. The van der Waals surface area contributed by atoms with Gasteiger partial charge in [0.05, 0.1) is 13.2 Å². The molecular weight excluding hydrogens is 604 g/mol. The highest BCUT2D eigenvalue weighted by atomic mass is 16.6.